The summed E-state index contributed by atoms with van der Waals surface area (Å²) in [7, 11) is 0. The summed E-state index contributed by atoms with van der Waals surface area (Å²) in [6.07, 6.45) is 2.35. The minimum atomic E-state index is -0.609. The fourth-order valence-corrected chi connectivity index (χ4v) is 3.59. The monoisotopic (exact) mass is 405 g/mol. The van der Waals surface area contributed by atoms with Gasteiger partial charge in [0.25, 0.3) is 0 Å². The van der Waals surface area contributed by atoms with Crippen LogP contribution in [0, 0.1) is 18.6 Å². The number of benzene rings is 2. The molecule has 4 aromatic rings. The Bertz CT molecular complexity index is 1220. The highest BCUT2D eigenvalue weighted by atomic mass is 19.1. The van der Waals surface area contributed by atoms with E-state index in [2.05, 4.69) is 10.3 Å². The van der Waals surface area contributed by atoms with E-state index in [9.17, 15) is 13.6 Å². The van der Waals surface area contributed by atoms with Crippen molar-refractivity contribution in [2.45, 2.75) is 26.2 Å². The van der Waals surface area contributed by atoms with Crippen LogP contribution in [0.4, 0.5) is 14.6 Å². The van der Waals surface area contributed by atoms with Crippen molar-refractivity contribution in [3.8, 4) is 11.3 Å². The van der Waals surface area contributed by atoms with Crippen molar-refractivity contribution in [2.24, 2.45) is 0 Å². The lowest BCUT2D eigenvalue weighted by Crippen LogP contribution is -2.22. The Kier molecular flexibility index (Phi) is 5.31. The minimum absolute atomic E-state index is 0.000544. The fraction of sp³-hybridized carbons (Fsp3) is 0.167. The summed E-state index contributed by atoms with van der Waals surface area (Å²) in [5.41, 5.74) is 2.58. The van der Waals surface area contributed by atoms with Crippen LogP contribution in [0.5, 0.6) is 0 Å². The lowest BCUT2D eigenvalue weighted by atomic mass is 9.95. The summed E-state index contributed by atoms with van der Waals surface area (Å²) in [6.45, 7) is 3.85. The van der Waals surface area contributed by atoms with E-state index in [0.29, 0.717) is 17.9 Å². The first-order valence-electron chi connectivity index (χ1n) is 9.78. The standard InChI is InChI=1S/C24H21F2N3O/c1-3-18(16-7-5-4-6-8-16)24(30)28-23-22(19-14-17(25)9-10-20(19)26)27-21-13-15(2)11-12-29(21)23/h4-14,18H,3H2,1-2H3,(H,28,30). The second kappa shape index (κ2) is 8.06. The van der Waals surface area contributed by atoms with E-state index in [-0.39, 0.29) is 23.1 Å². The van der Waals surface area contributed by atoms with Gasteiger partial charge in [0, 0.05) is 11.8 Å². The van der Waals surface area contributed by atoms with Gasteiger partial charge in [-0.3, -0.25) is 9.20 Å². The Hall–Kier alpha value is -3.54. The normalized spacial score (nSPS) is 12.1. The van der Waals surface area contributed by atoms with Gasteiger partial charge in [-0.1, -0.05) is 37.3 Å². The van der Waals surface area contributed by atoms with Crippen molar-refractivity contribution in [3.05, 3.63) is 89.6 Å². The summed E-state index contributed by atoms with van der Waals surface area (Å²) < 4.78 is 30.1. The Morgan fingerprint density at radius 2 is 1.87 bits per heavy atom. The van der Waals surface area contributed by atoms with Crippen LogP contribution in [-0.2, 0) is 4.79 Å². The van der Waals surface area contributed by atoms with Crippen LogP contribution < -0.4 is 5.32 Å². The smallest absolute Gasteiger partial charge is 0.233 e. The molecule has 1 unspecified atom stereocenters. The summed E-state index contributed by atoms with van der Waals surface area (Å²) in [4.78, 5) is 17.7. The molecule has 30 heavy (non-hydrogen) atoms. The number of imidazole rings is 1. The van der Waals surface area contributed by atoms with Gasteiger partial charge >= 0.3 is 0 Å². The van der Waals surface area contributed by atoms with Crippen LogP contribution in [0.1, 0.15) is 30.4 Å². The van der Waals surface area contributed by atoms with Gasteiger partial charge in [-0.15, -0.1) is 0 Å². The van der Waals surface area contributed by atoms with Gasteiger partial charge in [0.2, 0.25) is 5.91 Å². The maximum atomic E-state index is 14.5. The predicted molar refractivity (Wildman–Crippen MR) is 113 cm³/mol. The number of halogens is 2. The molecule has 0 aliphatic heterocycles. The number of aromatic nitrogens is 2. The predicted octanol–water partition coefficient (Wildman–Crippen LogP) is 5.72. The zero-order valence-corrected chi connectivity index (χ0v) is 16.7. The molecule has 0 radical (unpaired) electrons. The molecule has 6 heteroatoms. The lowest BCUT2D eigenvalue weighted by Gasteiger charge is -2.16. The number of pyridine rings is 1. The van der Waals surface area contributed by atoms with Gasteiger partial charge in [-0.2, -0.15) is 0 Å². The number of hydrogen-bond donors (Lipinski definition) is 1. The van der Waals surface area contributed by atoms with Crippen LogP contribution in [-0.4, -0.2) is 15.3 Å². The van der Waals surface area contributed by atoms with Crippen molar-refractivity contribution in [1.82, 2.24) is 9.38 Å². The van der Waals surface area contributed by atoms with Crippen LogP contribution in [0.3, 0.4) is 0 Å². The zero-order chi connectivity index (χ0) is 21.3. The zero-order valence-electron chi connectivity index (χ0n) is 16.7. The summed E-state index contributed by atoms with van der Waals surface area (Å²) >= 11 is 0. The molecule has 0 saturated carbocycles. The number of amides is 1. The molecule has 0 spiro atoms. The molecule has 152 valence electrons. The number of anilines is 1. The average Bonchev–Trinajstić information content (AvgIpc) is 3.08. The highest BCUT2D eigenvalue weighted by Gasteiger charge is 2.24. The van der Waals surface area contributed by atoms with Gasteiger partial charge in [0.05, 0.1) is 5.92 Å². The number of carbonyl (C=O) groups is 1. The van der Waals surface area contributed by atoms with Crippen molar-refractivity contribution < 1.29 is 13.6 Å². The Labute approximate surface area is 173 Å². The Morgan fingerprint density at radius 3 is 2.60 bits per heavy atom. The van der Waals surface area contributed by atoms with Gasteiger partial charge in [0.15, 0.2) is 0 Å². The minimum Gasteiger partial charge on any atom is -0.309 e. The second-order valence-corrected chi connectivity index (χ2v) is 7.23. The van der Waals surface area contributed by atoms with Gasteiger partial charge < -0.3 is 5.32 Å². The number of fused-ring (bicyclic) bond motifs is 1. The number of hydrogen-bond acceptors (Lipinski definition) is 2. The third-order valence-corrected chi connectivity index (χ3v) is 5.13. The summed E-state index contributed by atoms with van der Waals surface area (Å²) in [5, 5.41) is 2.92. The maximum Gasteiger partial charge on any atom is 0.233 e. The average molecular weight is 405 g/mol. The number of nitrogens with zero attached hydrogens (tertiary/aromatic N) is 2. The third-order valence-electron chi connectivity index (χ3n) is 5.13. The Balaban J connectivity index is 1.83. The molecular formula is C24H21F2N3O. The molecule has 4 rings (SSSR count). The first-order chi connectivity index (χ1) is 14.5. The molecule has 1 amide bonds. The topological polar surface area (TPSA) is 46.4 Å². The molecule has 2 aromatic heterocycles. The molecular weight excluding hydrogens is 384 g/mol. The quantitative estimate of drug-likeness (QED) is 0.462. The van der Waals surface area contributed by atoms with Crippen LogP contribution in [0.2, 0.25) is 0 Å². The van der Waals surface area contributed by atoms with E-state index in [0.717, 1.165) is 29.3 Å². The lowest BCUT2D eigenvalue weighted by molar-refractivity contribution is -0.117. The van der Waals surface area contributed by atoms with Crippen molar-refractivity contribution in [3.63, 3.8) is 0 Å². The molecule has 1 atom stereocenters. The SMILES string of the molecule is CCC(C(=O)Nc1c(-c2cc(F)ccc2F)nc2cc(C)ccn12)c1ccccc1. The molecule has 4 nitrogen and oxygen atoms in total. The number of rotatable bonds is 5. The second-order valence-electron chi connectivity index (χ2n) is 7.23. The van der Waals surface area contributed by atoms with Crippen molar-refractivity contribution in [2.75, 3.05) is 5.32 Å². The molecule has 2 aromatic carbocycles. The van der Waals surface area contributed by atoms with E-state index in [1.165, 1.54) is 0 Å². The van der Waals surface area contributed by atoms with Crippen molar-refractivity contribution >= 4 is 17.4 Å². The highest BCUT2D eigenvalue weighted by Crippen LogP contribution is 2.33. The number of carbonyl (C=O) groups excluding carboxylic acids is 1. The molecule has 0 saturated heterocycles. The number of aryl methyl sites for hydroxylation is 1. The largest absolute Gasteiger partial charge is 0.309 e. The van der Waals surface area contributed by atoms with Crippen LogP contribution in [0.25, 0.3) is 16.9 Å². The van der Waals surface area contributed by atoms with E-state index in [1.54, 1.807) is 10.6 Å². The molecule has 0 aliphatic rings. The van der Waals surface area contributed by atoms with Gasteiger partial charge in [-0.25, -0.2) is 13.8 Å². The van der Waals surface area contributed by atoms with E-state index >= 15 is 0 Å². The first-order valence-corrected chi connectivity index (χ1v) is 9.78. The van der Waals surface area contributed by atoms with Gasteiger partial charge in [0.1, 0.15) is 28.8 Å². The third kappa shape index (κ3) is 3.68. The highest BCUT2D eigenvalue weighted by molar-refractivity contribution is 5.98. The molecule has 0 fully saturated rings. The molecule has 2 heterocycles. The van der Waals surface area contributed by atoms with E-state index in [4.69, 9.17) is 0 Å². The summed E-state index contributed by atoms with van der Waals surface area (Å²) in [6, 6.07) is 16.4. The van der Waals surface area contributed by atoms with E-state index < -0.39 is 11.6 Å². The molecule has 1 N–H and O–H groups in total. The van der Waals surface area contributed by atoms with Gasteiger partial charge in [-0.05, 0) is 54.8 Å². The van der Waals surface area contributed by atoms with Crippen LogP contribution >= 0.6 is 0 Å². The van der Waals surface area contributed by atoms with Crippen LogP contribution in [0.15, 0.2) is 66.9 Å². The fourth-order valence-electron chi connectivity index (χ4n) is 3.59. The number of nitrogens with one attached hydrogen (secondary N) is 1. The maximum absolute atomic E-state index is 14.5. The molecule has 0 aliphatic carbocycles. The molecule has 0 bridgehead atoms. The first kappa shape index (κ1) is 19.8. The van der Waals surface area contributed by atoms with Crippen molar-refractivity contribution in [1.29, 1.82) is 0 Å². The summed E-state index contributed by atoms with van der Waals surface area (Å²) in [5.74, 6) is -1.49. The van der Waals surface area contributed by atoms with E-state index in [1.807, 2.05) is 56.3 Å². The Morgan fingerprint density at radius 1 is 1.10 bits per heavy atom.